The predicted molar refractivity (Wildman–Crippen MR) is 112 cm³/mol. The first-order chi connectivity index (χ1) is 14.4. The molecule has 2 amide bonds. The Balaban J connectivity index is 1.96. The average Bonchev–Trinajstić information content (AvgIpc) is 2.78. The fourth-order valence-corrected chi connectivity index (χ4v) is 2.76. The number of nitrogens with zero attached hydrogens (tertiary/aromatic N) is 1. The van der Waals surface area contributed by atoms with Crippen LogP contribution in [0.15, 0.2) is 42.5 Å². The van der Waals surface area contributed by atoms with Gasteiger partial charge in [-0.15, -0.1) is 0 Å². The van der Waals surface area contributed by atoms with Crippen LogP contribution in [-0.4, -0.2) is 56.6 Å². The normalized spacial score (nSPS) is 10.1. The Morgan fingerprint density at radius 2 is 1.53 bits per heavy atom. The fourth-order valence-electron chi connectivity index (χ4n) is 2.76. The quantitative estimate of drug-likeness (QED) is 0.634. The van der Waals surface area contributed by atoms with Gasteiger partial charge in [-0.1, -0.05) is 0 Å². The number of methoxy groups -OCH3 is 2. The molecule has 0 atom stereocenters. The highest BCUT2D eigenvalue weighted by Gasteiger charge is 2.14. The predicted octanol–water partition coefficient (Wildman–Crippen LogP) is 2.98. The molecule has 0 aromatic heterocycles. The molecule has 2 aromatic rings. The van der Waals surface area contributed by atoms with E-state index in [1.807, 2.05) is 13.8 Å². The van der Waals surface area contributed by atoms with Gasteiger partial charge in [-0.05, 0) is 56.3 Å². The van der Waals surface area contributed by atoms with Crippen LogP contribution in [0, 0.1) is 0 Å². The number of ether oxygens (including phenoxy) is 3. The Morgan fingerprint density at radius 3 is 2.10 bits per heavy atom. The van der Waals surface area contributed by atoms with Gasteiger partial charge in [-0.2, -0.15) is 0 Å². The number of carbonyl (C=O) groups excluding carboxylic acids is 3. The van der Waals surface area contributed by atoms with Crippen LogP contribution in [0.1, 0.15) is 34.6 Å². The number of benzene rings is 2. The third kappa shape index (κ3) is 5.73. The molecular weight excluding hydrogens is 388 g/mol. The van der Waals surface area contributed by atoms with Gasteiger partial charge in [0.15, 0.2) is 18.1 Å². The maximum Gasteiger partial charge on any atom is 0.337 e. The maximum atomic E-state index is 12.3. The molecule has 0 radical (unpaired) electrons. The highest BCUT2D eigenvalue weighted by atomic mass is 16.5. The van der Waals surface area contributed by atoms with Gasteiger partial charge in [0, 0.05) is 24.3 Å². The van der Waals surface area contributed by atoms with Crippen molar-refractivity contribution in [2.75, 3.05) is 39.2 Å². The molecule has 8 heteroatoms. The van der Waals surface area contributed by atoms with Crippen molar-refractivity contribution in [3.05, 3.63) is 53.6 Å². The zero-order valence-corrected chi connectivity index (χ0v) is 17.6. The van der Waals surface area contributed by atoms with Crippen LogP contribution in [0.25, 0.3) is 0 Å². The smallest absolute Gasteiger partial charge is 0.337 e. The largest absolute Gasteiger partial charge is 0.493 e. The van der Waals surface area contributed by atoms with Gasteiger partial charge in [0.2, 0.25) is 0 Å². The minimum Gasteiger partial charge on any atom is -0.493 e. The molecule has 0 aliphatic heterocycles. The van der Waals surface area contributed by atoms with E-state index in [9.17, 15) is 14.4 Å². The van der Waals surface area contributed by atoms with Crippen LogP contribution in [0.4, 0.5) is 5.69 Å². The van der Waals surface area contributed by atoms with Gasteiger partial charge in [0.1, 0.15) is 0 Å². The zero-order valence-electron chi connectivity index (χ0n) is 17.6. The molecule has 0 unspecified atom stereocenters. The van der Waals surface area contributed by atoms with Crippen LogP contribution in [-0.2, 0) is 9.53 Å². The summed E-state index contributed by atoms with van der Waals surface area (Å²) in [4.78, 5) is 37.8. The van der Waals surface area contributed by atoms with Crippen LogP contribution >= 0.6 is 0 Å². The summed E-state index contributed by atoms with van der Waals surface area (Å²) in [6.07, 6.45) is 0. The number of anilines is 1. The lowest BCUT2D eigenvalue weighted by atomic mass is 10.1. The summed E-state index contributed by atoms with van der Waals surface area (Å²) in [6.45, 7) is 4.86. The summed E-state index contributed by atoms with van der Waals surface area (Å²) in [6, 6.07) is 11.2. The number of hydrogen-bond acceptors (Lipinski definition) is 6. The van der Waals surface area contributed by atoms with E-state index in [-0.39, 0.29) is 18.4 Å². The summed E-state index contributed by atoms with van der Waals surface area (Å²) in [5.74, 6) is -0.299. The van der Waals surface area contributed by atoms with E-state index >= 15 is 0 Å². The van der Waals surface area contributed by atoms with E-state index in [1.54, 1.807) is 29.2 Å². The summed E-state index contributed by atoms with van der Waals surface area (Å²) in [5.41, 5.74) is 1.42. The van der Waals surface area contributed by atoms with E-state index in [4.69, 9.17) is 9.47 Å². The Kier molecular flexibility index (Phi) is 8.22. The summed E-state index contributed by atoms with van der Waals surface area (Å²) in [5, 5.41) is 2.71. The van der Waals surface area contributed by atoms with E-state index in [1.165, 1.54) is 32.4 Å². The summed E-state index contributed by atoms with van der Waals surface area (Å²) >= 11 is 0. The molecule has 0 fully saturated rings. The van der Waals surface area contributed by atoms with Crippen molar-refractivity contribution in [1.29, 1.82) is 0 Å². The van der Waals surface area contributed by atoms with Crippen molar-refractivity contribution in [3.63, 3.8) is 0 Å². The molecule has 160 valence electrons. The molecule has 2 aromatic carbocycles. The SMILES string of the molecule is CCN(CC)C(=O)c1ccc(NC(=O)COc2ccc(C(=O)OC)cc2OC)cc1. The standard InChI is InChI=1S/C22H26N2O6/c1-5-24(6-2)21(26)15-7-10-17(11-8-15)23-20(25)14-30-18-12-9-16(22(27)29-4)13-19(18)28-3/h7-13H,5-6,14H2,1-4H3,(H,23,25). The molecule has 1 N–H and O–H groups in total. The minimum atomic E-state index is -0.500. The van der Waals surface area contributed by atoms with Crippen LogP contribution in [0.2, 0.25) is 0 Å². The van der Waals surface area contributed by atoms with Gasteiger partial charge in [-0.25, -0.2) is 4.79 Å². The molecule has 0 spiro atoms. The Morgan fingerprint density at radius 1 is 0.900 bits per heavy atom. The molecule has 2 rings (SSSR count). The van der Waals surface area contributed by atoms with Crippen molar-refractivity contribution in [2.45, 2.75) is 13.8 Å². The Hall–Kier alpha value is -3.55. The zero-order chi connectivity index (χ0) is 22.1. The van der Waals surface area contributed by atoms with E-state index < -0.39 is 5.97 Å². The molecular formula is C22H26N2O6. The lowest BCUT2D eigenvalue weighted by Crippen LogP contribution is -2.30. The molecule has 30 heavy (non-hydrogen) atoms. The minimum absolute atomic E-state index is 0.0521. The molecule has 0 aliphatic rings. The second-order valence-electron chi connectivity index (χ2n) is 6.25. The second-order valence-corrected chi connectivity index (χ2v) is 6.25. The highest BCUT2D eigenvalue weighted by Crippen LogP contribution is 2.28. The van der Waals surface area contributed by atoms with Crippen LogP contribution < -0.4 is 14.8 Å². The van der Waals surface area contributed by atoms with Crippen LogP contribution in [0.3, 0.4) is 0 Å². The third-order valence-corrected chi connectivity index (χ3v) is 4.41. The van der Waals surface area contributed by atoms with Gasteiger partial charge in [-0.3, -0.25) is 9.59 Å². The number of amides is 2. The number of carbonyl (C=O) groups is 3. The maximum absolute atomic E-state index is 12.3. The number of rotatable bonds is 9. The van der Waals surface area contributed by atoms with E-state index in [2.05, 4.69) is 10.1 Å². The first kappa shape index (κ1) is 22.7. The van der Waals surface area contributed by atoms with Gasteiger partial charge in [0.25, 0.3) is 11.8 Å². The lowest BCUT2D eigenvalue weighted by Gasteiger charge is -2.18. The first-order valence-corrected chi connectivity index (χ1v) is 9.51. The van der Waals surface area contributed by atoms with Crippen molar-refractivity contribution < 1.29 is 28.6 Å². The third-order valence-electron chi connectivity index (χ3n) is 4.41. The van der Waals surface area contributed by atoms with Gasteiger partial charge in [0.05, 0.1) is 19.8 Å². The van der Waals surface area contributed by atoms with Crippen molar-refractivity contribution in [1.82, 2.24) is 4.90 Å². The topological polar surface area (TPSA) is 94.2 Å². The van der Waals surface area contributed by atoms with Crippen molar-refractivity contribution in [2.24, 2.45) is 0 Å². The molecule has 0 bridgehead atoms. The lowest BCUT2D eigenvalue weighted by molar-refractivity contribution is -0.118. The molecule has 0 saturated carbocycles. The van der Waals surface area contributed by atoms with E-state index in [0.29, 0.717) is 41.4 Å². The average molecular weight is 414 g/mol. The van der Waals surface area contributed by atoms with Gasteiger partial charge < -0.3 is 24.4 Å². The van der Waals surface area contributed by atoms with Gasteiger partial charge >= 0.3 is 5.97 Å². The Labute approximate surface area is 175 Å². The molecule has 0 saturated heterocycles. The number of hydrogen-bond donors (Lipinski definition) is 1. The molecule has 0 aliphatic carbocycles. The monoisotopic (exact) mass is 414 g/mol. The summed E-state index contributed by atoms with van der Waals surface area (Å²) in [7, 11) is 2.72. The first-order valence-electron chi connectivity index (χ1n) is 9.51. The van der Waals surface area contributed by atoms with Crippen LogP contribution in [0.5, 0.6) is 11.5 Å². The number of nitrogens with one attached hydrogen (secondary N) is 1. The second kappa shape index (κ2) is 10.8. The molecule has 8 nitrogen and oxygen atoms in total. The van der Waals surface area contributed by atoms with Crippen molar-refractivity contribution >= 4 is 23.5 Å². The number of esters is 1. The summed E-state index contributed by atoms with van der Waals surface area (Å²) < 4.78 is 15.4. The fraction of sp³-hybridized carbons (Fsp3) is 0.318. The Bertz CT molecular complexity index is 891. The van der Waals surface area contributed by atoms with Crippen molar-refractivity contribution in [3.8, 4) is 11.5 Å². The van der Waals surface area contributed by atoms with E-state index in [0.717, 1.165) is 0 Å². The highest BCUT2D eigenvalue weighted by molar-refractivity contribution is 5.96. The molecule has 0 heterocycles.